The summed E-state index contributed by atoms with van der Waals surface area (Å²) in [4.78, 5) is 17.2. The third-order valence-corrected chi connectivity index (χ3v) is 7.91. The smallest absolute Gasteiger partial charge is 0.257 e. The second-order valence-electron chi connectivity index (χ2n) is 8.10. The van der Waals surface area contributed by atoms with Crippen molar-refractivity contribution in [3.63, 3.8) is 0 Å². The summed E-state index contributed by atoms with van der Waals surface area (Å²) in [5, 5.41) is 5.33. The molecule has 1 aromatic heterocycles. The minimum atomic E-state index is -3.62. The molecule has 0 radical (unpaired) electrons. The lowest BCUT2D eigenvalue weighted by molar-refractivity contribution is 0.102. The van der Waals surface area contributed by atoms with Gasteiger partial charge >= 0.3 is 0 Å². The van der Waals surface area contributed by atoms with Crippen molar-refractivity contribution < 1.29 is 13.2 Å². The molecule has 1 amide bonds. The van der Waals surface area contributed by atoms with Gasteiger partial charge in [-0.2, -0.15) is 4.31 Å². The molecule has 28 heavy (non-hydrogen) atoms. The van der Waals surface area contributed by atoms with E-state index in [2.05, 4.69) is 24.1 Å². The zero-order valence-corrected chi connectivity index (χ0v) is 17.7. The fourth-order valence-corrected chi connectivity index (χ4v) is 6.34. The number of piperidine rings is 1. The van der Waals surface area contributed by atoms with Crippen molar-refractivity contribution in [2.24, 2.45) is 11.8 Å². The molecule has 1 N–H and O–H groups in total. The molecule has 150 valence electrons. The molecule has 4 rings (SSSR count). The largest absolute Gasteiger partial charge is 0.298 e. The van der Waals surface area contributed by atoms with Crippen LogP contribution in [0.1, 0.15) is 55.1 Å². The van der Waals surface area contributed by atoms with Gasteiger partial charge in [-0.15, -0.1) is 11.3 Å². The summed E-state index contributed by atoms with van der Waals surface area (Å²) < 4.78 is 27.7. The van der Waals surface area contributed by atoms with E-state index in [9.17, 15) is 13.2 Å². The second kappa shape index (κ2) is 7.57. The number of anilines is 1. The first-order valence-corrected chi connectivity index (χ1v) is 12.0. The summed E-state index contributed by atoms with van der Waals surface area (Å²) in [7, 11) is -3.62. The van der Waals surface area contributed by atoms with Crippen LogP contribution < -0.4 is 5.32 Å². The Morgan fingerprint density at radius 2 is 1.93 bits per heavy atom. The van der Waals surface area contributed by atoms with Crippen LogP contribution in [0.3, 0.4) is 0 Å². The number of benzene rings is 1. The lowest BCUT2D eigenvalue weighted by Gasteiger charge is -2.34. The molecule has 1 saturated carbocycles. The molecular formula is C20H25N3O3S2. The van der Waals surface area contributed by atoms with E-state index in [-0.39, 0.29) is 10.8 Å². The van der Waals surface area contributed by atoms with Crippen molar-refractivity contribution in [2.75, 3.05) is 18.4 Å². The monoisotopic (exact) mass is 419 g/mol. The quantitative estimate of drug-likeness (QED) is 0.796. The molecule has 1 aromatic carbocycles. The number of hydrogen-bond acceptors (Lipinski definition) is 5. The normalized spacial score (nSPS) is 23.5. The minimum Gasteiger partial charge on any atom is -0.298 e. The van der Waals surface area contributed by atoms with Gasteiger partial charge < -0.3 is 0 Å². The van der Waals surface area contributed by atoms with Gasteiger partial charge in [0.25, 0.3) is 5.91 Å². The van der Waals surface area contributed by atoms with E-state index in [4.69, 9.17) is 0 Å². The molecule has 0 spiro atoms. The molecule has 2 fully saturated rings. The zero-order valence-electron chi connectivity index (χ0n) is 16.1. The molecule has 1 aliphatic carbocycles. The Hall–Kier alpha value is -1.77. The van der Waals surface area contributed by atoms with E-state index in [0.29, 0.717) is 41.5 Å². The Balaban J connectivity index is 1.52. The number of amides is 1. The maximum atomic E-state index is 13.1. The van der Waals surface area contributed by atoms with Gasteiger partial charge in [-0.25, -0.2) is 13.4 Å². The number of carbonyl (C=O) groups excluding carboxylic acids is 1. The molecule has 1 aliphatic heterocycles. The predicted octanol–water partition coefficient (Wildman–Crippen LogP) is 3.94. The van der Waals surface area contributed by atoms with Crippen molar-refractivity contribution in [3.05, 3.63) is 40.9 Å². The highest BCUT2D eigenvalue weighted by Crippen LogP contribution is 2.41. The fourth-order valence-electron chi connectivity index (χ4n) is 3.83. The van der Waals surface area contributed by atoms with Crippen molar-refractivity contribution in [2.45, 2.75) is 43.9 Å². The number of aromatic nitrogens is 1. The van der Waals surface area contributed by atoms with E-state index in [1.54, 1.807) is 22.5 Å². The van der Waals surface area contributed by atoms with Crippen molar-refractivity contribution >= 4 is 32.4 Å². The Kier molecular flexibility index (Phi) is 5.28. The number of sulfonamides is 1. The van der Waals surface area contributed by atoms with Crippen molar-refractivity contribution in [1.29, 1.82) is 0 Å². The van der Waals surface area contributed by atoms with E-state index in [0.717, 1.165) is 25.0 Å². The predicted molar refractivity (Wildman–Crippen MR) is 110 cm³/mol. The van der Waals surface area contributed by atoms with E-state index >= 15 is 0 Å². The first-order chi connectivity index (χ1) is 13.3. The highest BCUT2D eigenvalue weighted by molar-refractivity contribution is 7.89. The molecule has 2 heterocycles. The van der Waals surface area contributed by atoms with Crippen LogP contribution in [0.15, 0.2) is 34.5 Å². The van der Waals surface area contributed by atoms with Crippen LogP contribution in [-0.2, 0) is 10.0 Å². The molecule has 2 aliphatic rings. The third-order valence-electron chi connectivity index (χ3n) is 5.31. The summed E-state index contributed by atoms with van der Waals surface area (Å²) in [6, 6.07) is 6.27. The van der Waals surface area contributed by atoms with Gasteiger partial charge in [-0.05, 0) is 49.3 Å². The Labute approximate surface area is 170 Å². The number of nitrogens with one attached hydrogen (secondary N) is 1. The molecular weight excluding hydrogens is 394 g/mol. The van der Waals surface area contributed by atoms with Crippen LogP contribution in [0.2, 0.25) is 0 Å². The third kappa shape index (κ3) is 4.14. The number of thiazole rings is 1. The maximum Gasteiger partial charge on any atom is 0.257 e. The van der Waals surface area contributed by atoms with Gasteiger partial charge in [0.1, 0.15) is 0 Å². The van der Waals surface area contributed by atoms with Crippen LogP contribution in [0, 0.1) is 11.8 Å². The van der Waals surface area contributed by atoms with Gasteiger partial charge in [0.2, 0.25) is 10.0 Å². The summed E-state index contributed by atoms with van der Waals surface area (Å²) in [6.07, 6.45) is 3.35. The van der Waals surface area contributed by atoms with Gasteiger partial charge in [0, 0.05) is 30.0 Å². The average Bonchev–Trinajstić information content (AvgIpc) is 3.40. The molecule has 2 unspecified atom stereocenters. The van der Waals surface area contributed by atoms with Crippen LogP contribution in [-0.4, -0.2) is 36.7 Å². The molecule has 2 atom stereocenters. The standard InChI is InChI=1S/C20H25N3O3S2/c1-13-8-14(2)11-23(10-13)28(25,26)17-5-3-4-16(9-17)19(24)22-20-21-18(12-27-20)15-6-7-15/h3-5,9,12-15H,6-8,10-11H2,1-2H3,(H,21,22,24). The Morgan fingerprint density at radius 3 is 2.61 bits per heavy atom. The summed E-state index contributed by atoms with van der Waals surface area (Å²) in [6.45, 7) is 5.19. The van der Waals surface area contributed by atoms with E-state index in [1.165, 1.54) is 17.4 Å². The van der Waals surface area contributed by atoms with E-state index in [1.807, 2.05) is 5.38 Å². The SMILES string of the molecule is CC1CC(C)CN(S(=O)(=O)c2cccc(C(=O)Nc3nc(C4CC4)cs3)c2)C1. The van der Waals surface area contributed by atoms with Crippen LogP contribution in [0.5, 0.6) is 0 Å². The van der Waals surface area contributed by atoms with Crippen molar-refractivity contribution in [1.82, 2.24) is 9.29 Å². The molecule has 6 nitrogen and oxygen atoms in total. The Morgan fingerprint density at radius 1 is 1.21 bits per heavy atom. The highest BCUT2D eigenvalue weighted by Gasteiger charge is 2.32. The maximum absolute atomic E-state index is 13.1. The summed E-state index contributed by atoms with van der Waals surface area (Å²) in [5.74, 6) is 0.852. The topological polar surface area (TPSA) is 79.4 Å². The van der Waals surface area contributed by atoms with Gasteiger partial charge in [-0.1, -0.05) is 19.9 Å². The highest BCUT2D eigenvalue weighted by atomic mass is 32.2. The Bertz CT molecular complexity index is 972. The van der Waals surface area contributed by atoms with E-state index < -0.39 is 10.0 Å². The van der Waals surface area contributed by atoms with Gasteiger partial charge in [-0.3, -0.25) is 10.1 Å². The first-order valence-electron chi connectivity index (χ1n) is 9.70. The van der Waals surface area contributed by atoms with Gasteiger partial charge in [0.05, 0.1) is 10.6 Å². The number of carbonyl (C=O) groups is 1. The summed E-state index contributed by atoms with van der Waals surface area (Å²) >= 11 is 1.40. The number of nitrogens with zero attached hydrogens (tertiary/aromatic N) is 2. The van der Waals surface area contributed by atoms with Gasteiger partial charge in [0.15, 0.2) is 5.13 Å². The lowest BCUT2D eigenvalue weighted by Crippen LogP contribution is -2.42. The molecule has 8 heteroatoms. The number of hydrogen-bond donors (Lipinski definition) is 1. The second-order valence-corrected chi connectivity index (χ2v) is 10.9. The van der Waals surface area contributed by atoms with Crippen molar-refractivity contribution in [3.8, 4) is 0 Å². The summed E-state index contributed by atoms with van der Waals surface area (Å²) in [5.41, 5.74) is 1.35. The minimum absolute atomic E-state index is 0.166. The van der Waals surface area contributed by atoms with Crippen LogP contribution in [0.25, 0.3) is 0 Å². The van der Waals surface area contributed by atoms with Crippen LogP contribution in [0.4, 0.5) is 5.13 Å². The fraction of sp³-hybridized carbons (Fsp3) is 0.500. The average molecular weight is 420 g/mol. The lowest BCUT2D eigenvalue weighted by atomic mass is 9.94. The zero-order chi connectivity index (χ0) is 19.9. The first kappa shape index (κ1) is 19.5. The molecule has 1 saturated heterocycles. The van der Waals surface area contributed by atoms with Crippen LogP contribution >= 0.6 is 11.3 Å². The number of rotatable bonds is 5. The molecule has 2 aromatic rings. The molecule has 0 bridgehead atoms.